The molecule has 1 amide bonds. The van der Waals surface area contributed by atoms with Gasteiger partial charge in [-0.1, -0.05) is 18.9 Å². The number of amides is 1. The van der Waals surface area contributed by atoms with Crippen molar-refractivity contribution in [1.82, 2.24) is 5.32 Å². The van der Waals surface area contributed by atoms with Gasteiger partial charge in [-0.05, 0) is 37.5 Å². The molecule has 0 aliphatic carbocycles. The van der Waals surface area contributed by atoms with E-state index < -0.39 is 15.8 Å². The number of benzene rings is 1. The minimum absolute atomic E-state index is 0.127. The van der Waals surface area contributed by atoms with Gasteiger partial charge in [0, 0.05) is 24.8 Å². The molecule has 0 heterocycles. The second-order valence-electron chi connectivity index (χ2n) is 5.56. The SMILES string of the molecule is Cc1ccc(S(C)(=O)=O)cc1C(=O)NCCCCCCC(=O)O. The second kappa shape index (κ2) is 8.67. The van der Waals surface area contributed by atoms with E-state index >= 15 is 0 Å². The van der Waals surface area contributed by atoms with Crippen molar-refractivity contribution in [2.24, 2.45) is 0 Å². The molecule has 0 atom stereocenters. The van der Waals surface area contributed by atoms with Crippen molar-refractivity contribution >= 4 is 21.7 Å². The zero-order chi connectivity index (χ0) is 17.5. The van der Waals surface area contributed by atoms with Gasteiger partial charge in [0.1, 0.15) is 0 Å². The number of rotatable bonds is 9. The molecule has 0 spiro atoms. The van der Waals surface area contributed by atoms with E-state index in [-0.39, 0.29) is 17.2 Å². The number of carbonyl (C=O) groups is 2. The average Bonchev–Trinajstić information content (AvgIpc) is 2.44. The quantitative estimate of drug-likeness (QED) is 0.670. The van der Waals surface area contributed by atoms with Crippen LogP contribution in [-0.4, -0.2) is 38.2 Å². The van der Waals surface area contributed by atoms with Crippen LogP contribution in [0.3, 0.4) is 0 Å². The van der Waals surface area contributed by atoms with Crippen molar-refractivity contribution in [2.45, 2.75) is 43.9 Å². The standard InChI is InChI=1S/C16H23NO5S/c1-12-8-9-13(23(2,21)22)11-14(12)16(20)17-10-6-4-3-5-7-15(18)19/h8-9,11H,3-7,10H2,1-2H3,(H,17,20)(H,18,19). The van der Waals surface area contributed by atoms with E-state index in [0.29, 0.717) is 18.5 Å². The molecule has 0 saturated heterocycles. The number of carboxylic acids is 1. The molecule has 0 bridgehead atoms. The Morgan fingerprint density at radius 1 is 1.13 bits per heavy atom. The fraction of sp³-hybridized carbons (Fsp3) is 0.500. The van der Waals surface area contributed by atoms with E-state index in [0.717, 1.165) is 31.1 Å². The molecular weight excluding hydrogens is 318 g/mol. The van der Waals surface area contributed by atoms with Gasteiger partial charge in [-0.3, -0.25) is 9.59 Å². The lowest BCUT2D eigenvalue weighted by Gasteiger charge is -2.09. The number of carboxylic acid groups (broad SMARTS) is 1. The molecule has 1 aromatic rings. The van der Waals surface area contributed by atoms with Crippen molar-refractivity contribution in [3.8, 4) is 0 Å². The molecule has 0 aliphatic heterocycles. The third-order valence-electron chi connectivity index (χ3n) is 3.48. The summed E-state index contributed by atoms with van der Waals surface area (Å²) in [6, 6.07) is 4.51. The summed E-state index contributed by atoms with van der Waals surface area (Å²) < 4.78 is 23.1. The fourth-order valence-electron chi connectivity index (χ4n) is 2.13. The Kier molecular flexibility index (Phi) is 7.22. The molecule has 1 aromatic carbocycles. The Morgan fingerprint density at radius 2 is 1.78 bits per heavy atom. The van der Waals surface area contributed by atoms with Gasteiger partial charge in [0.05, 0.1) is 4.90 Å². The first-order valence-corrected chi connectivity index (χ1v) is 9.41. The summed E-state index contributed by atoms with van der Waals surface area (Å²) in [6.45, 7) is 2.24. The van der Waals surface area contributed by atoms with E-state index in [2.05, 4.69) is 5.32 Å². The Balaban J connectivity index is 2.48. The second-order valence-corrected chi connectivity index (χ2v) is 7.58. The summed E-state index contributed by atoms with van der Waals surface area (Å²) in [5, 5.41) is 11.3. The molecule has 0 fully saturated rings. The number of sulfone groups is 1. The van der Waals surface area contributed by atoms with Crippen molar-refractivity contribution in [3.63, 3.8) is 0 Å². The number of aryl methyl sites for hydroxylation is 1. The lowest BCUT2D eigenvalue weighted by molar-refractivity contribution is -0.137. The van der Waals surface area contributed by atoms with E-state index in [4.69, 9.17) is 5.11 Å². The summed E-state index contributed by atoms with van der Waals surface area (Å²) in [5.74, 6) is -1.09. The van der Waals surface area contributed by atoms with Gasteiger partial charge in [0.25, 0.3) is 5.91 Å². The smallest absolute Gasteiger partial charge is 0.303 e. The van der Waals surface area contributed by atoms with Crippen molar-refractivity contribution in [3.05, 3.63) is 29.3 Å². The third kappa shape index (κ3) is 6.81. The summed E-state index contributed by atoms with van der Waals surface area (Å²) in [4.78, 5) is 22.6. The fourth-order valence-corrected chi connectivity index (χ4v) is 2.78. The Morgan fingerprint density at radius 3 is 2.39 bits per heavy atom. The summed E-state index contributed by atoms with van der Waals surface area (Å²) in [7, 11) is -3.35. The highest BCUT2D eigenvalue weighted by Gasteiger charge is 2.14. The van der Waals surface area contributed by atoms with Crippen LogP contribution in [0.5, 0.6) is 0 Å². The maximum Gasteiger partial charge on any atom is 0.303 e. The minimum atomic E-state index is -3.35. The number of carbonyl (C=O) groups excluding carboxylic acids is 1. The lowest BCUT2D eigenvalue weighted by Crippen LogP contribution is -2.25. The highest BCUT2D eigenvalue weighted by molar-refractivity contribution is 7.90. The summed E-state index contributed by atoms with van der Waals surface area (Å²) in [6.07, 6.45) is 4.33. The van der Waals surface area contributed by atoms with E-state index in [1.54, 1.807) is 13.0 Å². The summed E-state index contributed by atoms with van der Waals surface area (Å²) in [5.41, 5.74) is 1.08. The van der Waals surface area contributed by atoms with Crippen LogP contribution < -0.4 is 5.32 Å². The lowest BCUT2D eigenvalue weighted by atomic mass is 10.1. The van der Waals surface area contributed by atoms with Crippen LogP contribution in [0, 0.1) is 6.92 Å². The zero-order valence-corrected chi connectivity index (χ0v) is 14.3. The largest absolute Gasteiger partial charge is 0.481 e. The molecule has 2 N–H and O–H groups in total. The summed E-state index contributed by atoms with van der Waals surface area (Å²) >= 11 is 0. The van der Waals surface area contributed by atoms with Gasteiger partial charge in [0.2, 0.25) is 0 Å². The molecule has 0 unspecified atom stereocenters. The first kappa shape index (κ1) is 19.2. The van der Waals surface area contributed by atoms with Gasteiger partial charge >= 0.3 is 5.97 Å². The molecule has 0 radical (unpaired) electrons. The molecule has 6 nitrogen and oxygen atoms in total. The van der Waals surface area contributed by atoms with Gasteiger partial charge in [-0.25, -0.2) is 8.42 Å². The molecule has 1 rings (SSSR count). The minimum Gasteiger partial charge on any atom is -0.481 e. The van der Waals surface area contributed by atoms with Crippen molar-refractivity contribution in [2.75, 3.05) is 12.8 Å². The Bertz CT molecular complexity index is 667. The number of nitrogens with one attached hydrogen (secondary N) is 1. The molecular formula is C16H23NO5S. The van der Waals surface area contributed by atoms with Crippen LogP contribution >= 0.6 is 0 Å². The average molecular weight is 341 g/mol. The number of aliphatic carboxylic acids is 1. The monoisotopic (exact) mass is 341 g/mol. The van der Waals surface area contributed by atoms with Gasteiger partial charge in [-0.2, -0.15) is 0 Å². The zero-order valence-electron chi connectivity index (χ0n) is 13.5. The molecule has 0 saturated carbocycles. The van der Waals surface area contributed by atoms with Crippen LogP contribution in [0.15, 0.2) is 23.1 Å². The van der Waals surface area contributed by atoms with Crippen LogP contribution in [0.25, 0.3) is 0 Å². The van der Waals surface area contributed by atoms with E-state index in [1.807, 2.05) is 0 Å². The number of hydrogen-bond donors (Lipinski definition) is 2. The van der Waals surface area contributed by atoms with Crippen LogP contribution in [0.1, 0.15) is 48.0 Å². The Hall–Kier alpha value is -1.89. The highest BCUT2D eigenvalue weighted by atomic mass is 32.2. The highest BCUT2D eigenvalue weighted by Crippen LogP contribution is 2.15. The predicted molar refractivity (Wildman–Crippen MR) is 87.3 cm³/mol. The molecule has 23 heavy (non-hydrogen) atoms. The van der Waals surface area contributed by atoms with E-state index in [9.17, 15) is 18.0 Å². The van der Waals surface area contributed by atoms with Crippen LogP contribution in [-0.2, 0) is 14.6 Å². The maximum absolute atomic E-state index is 12.1. The molecule has 128 valence electrons. The maximum atomic E-state index is 12.1. The number of hydrogen-bond acceptors (Lipinski definition) is 4. The first-order valence-electron chi connectivity index (χ1n) is 7.52. The van der Waals surface area contributed by atoms with Gasteiger partial charge in [-0.15, -0.1) is 0 Å². The van der Waals surface area contributed by atoms with Gasteiger partial charge in [0.15, 0.2) is 9.84 Å². The normalized spacial score (nSPS) is 11.2. The van der Waals surface area contributed by atoms with Crippen molar-refractivity contribution < 1.29 is 23.1 Å². The third-order valence-corrected chi connectivity index (χ3v) is 4.60. The van der Waals surface area contributed by atoms with Crippen LogP contribution in [0.4, 0.5) is 0 Å². The van der Waals surface area contributed by atoms with Crippen molar-refractivity contribution in [1.29, 1.82) is 0 Å². The van der Waals surface area contributed by atoms with Crippen LogP contribution in [0.2, 0.25) is 0 Å². The number of unbranched alkanes of at least 4 members (excludes halogenated alkanes) is 3. The first-order chi connectivity index (χ1) is 10.7. The molecule has 0 aliphatic rings. The predicted octanol–water partition coefficient (Wildman–Crippen LogP) is 2.16. The molecule has 0 aromatic heterocycles. The van der Waals surface area contributed by atoms with Gasteiger partial charge < -0.3 is 10.4 Å². The topological polar surface area (TPSA) is 101 Å². The van der Waals surface area contributed by atoms with E-state index in [1.165, 1.54) is 12.1 Å². The Labute approximate surface area is 136 Å². The molecule has 7 heteroatoms.